The first-order chi connectivity index (χ1) is 7.69. The quantitative estimate of drug-likeness (QED) is 0.663. The summed E-state index contributed by atoms with van der Waals surface area (Å²) in [5.74, 6) is 0.705. The van der Waals surface area contributed by atoms with E-state index in [1.807, 2.05) is 6.34 Å². The van der Waals surface area contributed by atoms with Crippen molar-refractivity contribution in [2.75, 3.05) is 13.1 Å². The molecular formula is C13H27N3. The predicted molar refractivity (Wildman–Crippen MR) is 70.3 cm³/mol. The van der Waals surface area contributed by atoms with Crippen LogP contribution < -0.4 is 0 Å². The number of nitrogens with zero attached hydrogens (tertiary/aromatic N) is 3. The highest BCUT2D eigenvalue weighted by molar-refractivity contribution is 5.57. The van der Waals surface area contributed by atoms with Gasteiger partial charge in [0.15, 0.2) is 0 Å². The Morgan fingerprint density at radius 1 is 1.25 bits per heavy atom. The molecule has 1 heterocycles. The van der Waals surface area contributed by atoms with E-state index >= 15 is 0 Å². The first-order valence-electron chi connectivity index (χ1n) is 6.75. The van der Waals surface area contributed by atoms with Gasteiger partial charge in [-0.1, -0.05) is 40.5 Å². The van der Waals surface area contributed by atoms with Crippen LogP contribution >= 0.6 is 0 Å². The number of hydrogen-bond acceptors (Lipinski definition) is 3. The maximum atomic E-state index is 4.54. The molecule has 0 aromatic carbocycles. The van der Waals surface area contributed by atoms with Crippen molar-refractivity contribution < 1.29 is 0 Å². The van der Waals surface area contributed by atoms with Crippen molar-refractivity contribution in [1.82, 2.24) is 9.91 Å². The minimum Gasteiger partial charge on any atom is -0.339 e. The van der Waals surface area contributed by atoms with Gasteiger partial charge in [-0.25, -0.2) is 0 Å². The van der Waals surface area contributed by atoms with Gasteiger partial charge in [0.25, 0.3) is 0 Å². The molecule has 1 aliphatic heterocycles. The van der Waals surface area contributed by atoms with Crippen molar-refractivity contribution in [2.45, 2.75) is 59.5 Å². The molecule has 0 fully saturated rings. The molecule has 1 unspecified atom stereocenters. The Morgan fingerprint density at radius 3 is 2.56 bits per heavy atom. The third-order valence-electron chi connectivity index (χ3n) is 2.94. The highest BCUT2D eigenvalue weighted by Gasteiger charge is 2.26. The Morgan fingerprint density at radius 2 is 2.00 bits per heavy atom. The van der Waals surface area contributed by atoms with E-state index < -0.39 is 0 Å². The second-order valence-corrected chi connectivity index (χ2v) is 5.11. The number of unbranched alkanes of at least 4 members (excludes halogenated alkanes) is 1. The van der Waals surface area contributed by atoms with Crippen molar-refractivity contribution >= 4 is 6.34 Å². The molecule has 16 heavy (non-hydrogen) atoms. The summed E-state index contributed by atoms with van der Waals surface area (Å²) >= 11 is 0. The second-order valence-electron chi connectivity index (χ2n) is 5.11. The summed E-state index contributed by atoms with van der Waals surface area (Å²) in [6.07, 6.45) is 7.48. The lowest BCUT2D eigenvalue weighted by Gasteiger charge is -2.31. The molecule has 3 nitrogen and oxygen atoms in total. The van der Waals surface area contributed by atoms with Crippen LogP contribution in [0.25, 0.3) is 0 Å². The third kappa shape index (κ3) is 3.69. The SMILES string of the molecule is CCCCN1N=CN(CC(C)C)C1CCC. The molecule has 1 atom stereocenters. The molecular weight excluding hydrogens is 198 g/mol. The Bertz CT molecular complexity index is 213. The summed E-state index contributed by atoms with van der Waals surface area (Å²) in [4.78, 5) is 2.41. The van der Waals surface area contributed by atoms with Gasteiger partial charge >= 0.3 is 0 Å². The lowest BCUT2D eigenvalue weighted by molar-refractivity contribution is 0.112. The Labute approximate surface area is 100 Å². The fourth-order valence-electron chi connectivity index (χ4n) is 2.15. The van der Waals surface area contributed by atoms with Crippen LogP contribution in [0.4, 0.5) is 0 Å². The summed E-state index contributed by atoms with van der Waals surface area (Å²) in [6.45, 7) is 11.3. The molecule has 0 spiro atoms. The number of hydrogen-bond donors (Lipinski definition) is 0. The van der Waals surface area contributed by atoms with E-state index in [2.05, 4.69) is 42.7 Å². The fraction of sp³-hybridized carbons (Fsp3) is 0.923. The zero-order valence-electron chi connectivity index (χ0n) is 11.3. The van der Waals surface area contributed by atoms with Crippen LogP contribution in [-0.4, -0.2) is 35.5 Å². The molecule has 0 saturated heterocycles. The van der Waals surface area contributed by atoms with Crippen LogP contribution in [0.15, 0.2) is 5.10 Å². The van der Waals surface area contributed by atoms with E-state index in [1.165, 1.54) is 25.7 Å². The van der Waals surface area contributed by atoms with Crippen molar-refractivity contribution in [1.29, 1.82) is 0 Å². The molecule has 1 rings (SSSR count). The largest absolute Gasteiger partial charge is 0.339 e. The van der Waals surface area contributed by atoms with E-state index in [4.69, 9.17) is 0 Å². The lowest BCUT2D eigenvalue weighted by Crippen LogP contribution is -2.41. The van der Waals surface area contributed by atoms with E-state index in [9.17, 15) is 0 Å². The maximum Gasteiger partial charge on any atom is 0.119 e. The summed E-state index contributed by atoms with van der Waals surface area (Å²) in [6, 6.07) is 0. The lowest BCUT2D eigenvalue weighted by atomic mass is 10.1. The monoisotopic (exact) mass is 225 g/mol. The van der Waals surface area contributed by atoms with Crippen molar-refractivity contribution in [2.24, 2.45) is 11.0 Å². The van der Waals surface area contributed by atoms with Crippen LogP contribution in [0.5, 0.6) is 0 Å². The first kappa shape index (κ1) is 13.3. The molecule has 94 valence electrons. The van der Waals surface area contributed by atoms with Crippen LogP contribution in [0.2, 0.25) is 0 Å². The number of rotatable bonds is 7. The highest BCUT2D eigenvalue weighted by atomic mass is 15.6. The molecule has 0 radical (unpaired) electrons. The van der Waals surface area contributed by atoms with E-state index in [0.717, 1.165) is 13.1 Å². The Kier molecular flexibility index (Phi) is 5.64. The van der Waals surface area contributed by atoms with Gasteiger partial charge in [-0.05, 0) is 18.8 Å². The average Bonchev–Trinajstić information content (AvgIpc) is 2.59. The zero-order chi connectivity index (χ0) is 12.0. The van der Waals surface area contributed by atoms with Gasteiger partial charge in [0.05, 0.1) is 0 Å². The van der Waals surface area contributed by atoms with Crippen molar-refractivity contribution in [3.63, 3.8) is 0 Å². The van der Waals surface area contributed by atoms with Gasteiger partial charge in [0.2, 0.25) is 0 Å². The molecule has 0 amide bonds. The first-order valence-corrected chi connectivity index (χ1v) is 6.75. The molecule has 1 aliphatic rings. The zero-order valence-corrected chi connectivity index (χ0v) is 11.3. The standard InChI is InChI=1S/C13H27N3/c1-5-7-9-16-13(8-6-2)15(11-14-16)10-12(3)4/h11-13H,5-10H2,1-4H3. The molecule has 0 aliphatic carbocycles. The van der Waals surface area contributed by atoms with Crippen LogP contribution in [0.3, 0.4) is 0 Å². The minimum absolute atomic E-state index is 0.513. The minimum atomic E-state index is 0.513. The van der Waals surface area contributed by atoms with Crippen molar-refractivity contribution in [3.8, 4) is 0 Å². The van der Waals surface area contributed by atoms with E-state index in [0.29, 0.717) is 12.1 Å². The third-order valence-corrected chi connectivity index (χ3v) is 2.94. The number of hydrazone groups is 1. The van der Waals surface area contributed by atoms with Crippen molar-refractivity contribution in [3.05, 3.63) is 0 Å². The molecule has 0 saturated carbocycles. The van der Waals surface area contributed by atoms with Crippen LogP contribution in [0.1, 0.15) is 53.4 Å². The molecule has 3 heteroatoms. The van der Waals surface area contributed by atoms with Gasteiger partial charge in [0.1, 0.15) is 12.5 Å². The predicted octanol–water partition coefficient (Wildman–Crippen LogP) is 3.13. The molecule has 0 aromatic heterocycles. The van der Waals surface area contributed by atoms with Crippen LogP contribution in [0, 0.1) is 5.92 Å². The molecule has 0 aromatic rings. The summed E-state index contributed by atoms with van der Waals surface area (Å²) in [5.41, 5.74) is 0. The molecule has 0 N–H and O–H groups in total. The smallest absolute Gasteiger partial charge is 0.119 e. The fourth-order valence-corrected chi connectivity index (χ4v) is 2.15. The average molecular weight is 225 g/mol. The van der Waals surface area contributed by atoms with E-state index in [-0.39, 0.29) is 0 Å². The highest BCUT2D eigenvalue weighted by Crippen LogP contribution is 2.19. The van der Waals surface area contributed by atoms with Gasteiger partial charge in [-0.15, -0.1) is 0 Å². The Balaban J connectivity index is 2.50. The second kappa shape index (κ2) is 6.77. The van der Waals surface area contributed by atoms with Gasteiger partial charge < -0.3 is 4.90 Å². The summed E-state index contributed by atoms with van der Waals surface area (Å²) in [7, 11) is 0. The van der Waals surface area contributed by atoms with Gasteiger partial charge in [-0.3, -0.25) is 5.01 Å². The topological polar surface area (TPSA) is 18.8 Å². The summed E-state index contributed by atoms with van der Waals surface area (Å²) in [5, 5.41) is 6.82. The maximum absolute atomic E-state index is 4.54. The van der Waals surface area contributed by atoms with Crippen LogP contribution in [-0.2, 0) is 0 Å². The van der Waals surface area contributed by atoms with Gasteiger partial charge in [0, 0.05) is 13.1 Å². The Hall–Kier alpha value is -0.730. The van der Waals surface area contributed by atoms with Gasteiger partial charge in [-0.2, -0.15) is 5.10 Å². The summed E-state index contributed by atoms with van der Waals surface area (Å²) < 4.78 is 0. The van der Waals surface area contributed by atoms with E-state index in [1.54, 1.807) is 0 Å². The molecule has 0 bridgehead atoms. The normalized spacial score (nSPS) is 20.2.